The number of hydrogen-bond donors (Lipinski definition) is 2. The Morgan fingerprint density at radius 2 is 2.17 bits per heavy atom. The second kappa shape index (κ2) is 6.76. The molecule has 1 unspecified atom stereocenters. The van der Waals surface area contributed by atoms with Crippen LogP contribution in [0, 0.1) is 17.3 Å². The number of carbonyl (C=O) groups is 1. The van der Waals surface area contributed by atoms with Crippen molar-refractivity contribution in [2.45, 2.75) is 46.0 Å². The number of piperidine rings is 1. The zero-order chi connectivity index (χ0) is 12.3. The Morgan fingerprint density at radius 3 is 2.67 bits per heavy atom. The van der Waals surface area contributed by atoms with E-state index in [0.29, 0.717) is 5.41 Å². The number of amides is 1. The maximum atomic E-state index is 12.0. The molecule has 18 heavy (non-hydrogen) atoms. The second-order valence-electron chi connectivity index (χ2n) is 6.36. The highest BCUT2D eigenvalue weighted by Crippen LogP contribution is 2.50. The van der Waals surface area contributed by atoms with E-state index in [-0.39, 0.29) is 24.2 Å². The van der Waals surface area contributed by atoms with Gasteiger partial charge in [-0.3, -0.25) is 4.79 Å². The fraction of sp³-hybridized carbons (Fsp3) is 0.929. The lowest BCUT2D eigenvalue weighted by molar-refractivity contribution is -0.125. The van der Waals surface area contributed by atoms with Crippen LogP contribution in [-0.4, -0.2) is 25.5 Å². The summed E-state index contributed by atoms with van der Waals surface area (Å²) in [4.78, 5) is 12.0. The third-order valence-electron chi connectivity index (χ3n) is 4.10. The van der Waals surface area contributed by atoms with E-state index in [0.717, 1.165) is 38.4 Å². The summed E-state index contributed by atoms with van der Waals surface area (Å²) in [5, 5.41) is 6.48. The average Bonchev–Trinajstić information content (AvgIpc) is 3.06. The highest BCUT2D eigenvalue weighted by atomic mass is 35.5. The summed E-state index contributed by atoms with van der Waals surface area (Å²) in [5.41, 5.74) is 0.450. The molecular weight excluding hydrogens is 248 g/mol. The number of carbonyl (C=O) groups excluding carboxylic acids is 1. The van der Waals surface area contributed by atoms with Gasteiger partial charge in [0.2, 0.25) is 5.91 Å². The fourth-order valence-corrected chi connectivity index (χ4v) is 2.99. The molecule has 1 atom stereocenters. The van der Waals surface area contributed by atoms with Crippen molar-refractivity contribution < 1.29 is 4.79 Å². The summed E-state index contributed by atoms with van der Waals surface area (Å²) >= 11 is 0. The molecule has 0 radical (unpaired) electrons. The summed E-state index contributed by atoms with van der Waals surface area (Å²) < 4.78 is 0. The van der Waals surface area contributed by atoms with Gasteiger partial charge in [-0.15, -0.1) is 12.4 Å². The van der Waals surface area contributed by atoms with E-state index in [1.54, 1.807) is 0 Å². The van der Waals surface area contributed by atoms with Crippen molar-refractivity contribution in [3.05, 3.63) is 0 Å². The van der Waals surface area contributed by atoms with Crippen LogP contribution in [0.2, 0.25) is 0 Å². The molecule has 0 aromatic rings. The van der Waals surface area contributed by atoms with Gasteiger partial charge >= 0.3 is 0 Å². The Balaban J connectivity index is 0.00000162. The molecule has 0 bridgehead atoms. The standard InChI is InChI=1S/C14H26N2O.ClH/c1-11(2)8-14(5-6-14)10-16-13(17)12-4-3-7-15-9-12;/h11-12,15H,3-10H2,1-2H3,(H,16,17);1H. The van der Waals surface area contributed by atoms with E-state index in [1.807, 2.05) is 0 Å². The lowest BCUT2D eigenvalue weighted by Gasteiger charge is -2.24. The van der Waals surface area contributed by atoms with Crippen LogP contribution in [-0.2, 0) is 4.79 Å². The Bertz CT molecular complexity index is 271. The Hall–Kier alpha value is -0.280. The van der Waals surface area contributed by atoms with Gasteiger partial charge in [0.15, 0.2) is 0 Å². The van der Waals surface area contributed by atoms with E-state index in [4.69, 9.17) is 0 Å². The van der Waals surface area contributed by atoms with Gasteiger partial charge in [0.05, 0.1) is 5.92 Å². The summed E-state index contributed by atoms with van der Waals surface area (Å²) in [6.45, 7) is 7.38. The van der Waals surface area contributed by atoms with E-state index in [9.17, 15) is 4.79 Å². The molecule has 2 N–H and O–H groups in total. The zero-order valence-electron chi connectivity index (χ0n) is 11.6. The molecule has 4 heteroatoms. The Labute approximate surface area is 117 Å². The van der Waals surface area contributed by atoms with Gasteiger partial charge in [0.1, 0.15) is 0 Å². The minimum absolute atomic E-state index is 0. The molecule has 3 nitrogen and oxygen atoms in total. The van der Waals surface area contributed by atoms with Gasteiger partial charge in [-0.2, -0.15) is 0 Å². The maximum Gasteiger partial charge on any atom is 0.224 e. The van der Waals surface area contributed by atoms with Gasteiger partial charge in [0, 0.05) is 13.1 Å². The van der Waals surface area contributed by atoms with Gasteiger partial charge in [-0.1, -0.05) is 13.8 Å². The number of nitrogens with one attached hydrogen (secondary N) is 2. The van der Waals surface area contributed by atoms with Crippen molar-refractivity contribution in [1.82, 2.24) is 10.6 Å². The van der Waals surface area contributed by atoms with Crippen LogP contribution in [0.5, 0.6) is 0 Å². The topological polar surface area (TPSA) is 41.1 Å². The largest absolute Gasteiger partial charge is 0.355 e. The van der Waals surface area contributed by atoms with Crippen LogP contribution in [0.3, 0.4) is 0 Å². The first-order valence-corrected chi connectivity index (χ1v) is 7.10. The van der Waals surface area contributed by atoms with Crippen LogP contribution in [0.1, 0.15) is 46.0 Å². The lowest BCUT2D eigenvalue weighted by Crippen LogP contribution is -2.42. The van der Waals surface area contributed by atoms with Crippen LogP contribution in [0.15, 0.2) is 0 Å². The first-order chi connectivity index (χ1) is 8.11. The molecule has 1 aliphatic heterocycles. The molecule has 0 aromatic carbocycles. The predicted molar refractivity (Wildman–Crippen MR) is 77.0 cm³/mol. The molecule has 106 valence electrons. The maximum absolute atomic E-state index is 12.0. The molecule has 1 amide bonds. The molecule has 1 aliphatic carbocycles. The summed E-state index contributed by atoms with van der Waals surface area (Å²) in [6.07, 6.45) is 6.05. The molecule has 1 saturated heterocycles. The van der Waals surface area contributed by atoms with Crippen LogP contribution in [0.25, 0.3) is 0 Å². The van der Waals surface area contributed by atoms with Crippen LogP contribution >= 0.6 is 12.4 Å². The smallest absolute Gasteiger partial charge is 0.224 e. The Morgan fingerprint density at radius 1 is 1.44 bits per heavy atom. The fourth-order valence-electron chi connectivity index (χ4n) is 2.99. The monoisotopic (exact) mass is 274 g/mol. The first kappa shape index (κ1) is 15.8. The van der Waals surface area contributed by atoms with Crippen molar-refractivity contribution in [3.63, 3.8) is 0 Å². The molecule has 0 spiro atoms. The number of hydrogen-bond acceptors (Lipinski definition) is 2. The van der Waals surface area contributed by atoms with Gasteiger partial charge in [-0.05, 0) is 50.0 Å². The lowest BCUT2D eigenvalue weighted by atomic mass is 9.93. The highest BCUT2D eigenvalue weighted by Gasteiger charge is 2.43. The molecular formula is C14H27ClN2O. The predicted octanol–water partition coefficient (Wildman–Crippen LogP) is 2.35. The van der Waals surface area contributed by atoms with Gasteiger partial charge in [-0.25, -0.2) is 0 Å². The average molecular weight is 275 g/mol. The van der Waals surface area contributed by atoms with Crippen molar-refractivity contribution in [2.75, 3.05) is 19.6 Å². The minimum Gasteiger partial charge on any atom is -0.355 e. The molecule has 0 aromatic heterocycles. The van der Waals surface area contributed by atoms with E-state index < -0.39 is 0 Å². The van der Waals surface area contributed by atoms with Gasteiger partial charge < -0.3 is 10.6 Å². The third kappa shape index (κ3) is 4.43. The summed E-state index contributed by atoms with van der Waals surface area (Å²) in [5.74, 6) is 1.22. The molecule has 2 fully saturated rings. The molecule has 2 aliphatic rings. The normalized spacial score (nSPS) is 25.4. The van der Waals surface area contributed by atoms with Crippen LogP contribution in [0.4, 0.5) is 0 Å². The molecule has 2 rings (SSSR count). The Kier molecular flexibility index (Phi) is 5.93. The highest BCUT2D eigenvalue weighted by molar-refractivity contribution is 5.85. The third-order valence-corrected chi connectivity index (χ3v) is 4.10. The summed E-state index contributed by atoms with van der Waals surface area (Å²) in [7, 11) is 0. The first-order valence-electron chi connectivity index (χ1n) is 7.10. The van der Waals surface area contributed by atoms with E-state index in [2.05, 4.69) is 24.5 Å². The van der Waals surface area contributed by atoms with E-state index in [1.165, 1.54) is 19.3 Å². The number of rotatable bonds is 5. The number of halogens is 1. The quantitative estimate of drug-likeness (QED) is 0.808. The summed E-state index contributed by atoms with van der Waals surface area (Å²) in [6, 6.07) is 0. The SMILES string of the molecule is CC(C)CC1(CNC(=O)C2CCCNC2)CC1.Cl. The van der Waals surface area contributed by atoms with Crippen LogP contribution < -0.4 is 10.6 Å². The van der Waals surface area contributed by atoms with Crippen molar-refractivity contribution in [2.24, 2.45) is 17.3 Å². The van der Waals surface area contributed by atoms with Crippen molar-refractivity contribution in [3.8, 4) is 0 Å². The molecule has 1 heterocycles. The van der Waals surface area contributed by atoms with Crippen molar-refractivity contribution in [1.29, 1.82) is 0 Å². The minimum atomic E-state index is 0. The zero-order valence-corrected chi connectivity index (χ0v) is 12.4. The van der Waals surface area contributed by atoms with Crippen molar-refractivity contribution >= 4 is 18.3 Å². The molecule has 1 saturated carbocycles. The van der Waals surface area contributed by atoms with E-state index >= 15 is 0 Å². The second-order valence-corrected chi connectivity index (χ2v) is 6.36. The van der Waals surface area contributed by atoms with Gasteiger partial charge in [0.25, 0.3) is 0 Å².